The number of rotatable bonds is 2. The number of halogens is 3. The molecule has 2 saturated carbocycles. The third-order valence-electron chi connectivity index (χ3n) is 3.96. The summed E-state index contributed by atoms with van der Waals surface area (Å²) in [6.45, 7) is 0. The van der Waals surface area contributed by atoms with Gasteiger partial charge in [0.05, 0.1) is 0 Å². The maximum Gasteiger partial charge on any atom is 0.118 e. The molecule has 0 radical (unpaired) electrons. The first-order valence-corrected chi connectivity index (χ1v) is 9.54. The van der Waals surface area contributed by atoms with E-state index in [-0.39, 0.29) is 7.27 Å². The van der Waals surface area contributed by atoms with Crippen LogP contribution in [-0.4, -0.2) is 15.7 Å². The van der Waals surface area contributed by atoms with Crippen molar-refractivity contribution in [2.75, 3.05) is 0 Å². The summed E-state index contributed by atoms with van der Waals surface area (Å²) in [5, 5.41) is 0. The van der Waals surface area contributed by atoms with Crippen LogP contribution in [0.15, 0.2) is 0 Å². The molecule has 0 nitrogen and oxygen atoms in total. The largest absolute Gasteiger partial charge is 0.118 e. The molecule has 2 aliphatic rings. The minimum absolute atomic E-state index is 0.303. The first-order valence-electron chi connectivity index (χ1n) is 6.40. The summed E-state index contributed by atoms with van der Waals surface area (Å²) in [5.41, 5.74) is 1.53. The molecule has 0 amide bonds. The monoisotopic (exact) mass is 300 g/mol. The zero-order chi connectivity index (χ0) is 11.6. The lowest BCUT2D eigenvalue weighted by Gasteiger charge is -2.37. The Balaban J connectivity index is 1.83. The second-order valence-corrected chi connectivity index (χ2v) is 10.2. The van der Waals surface area contributed by atoms with E-state index in [0.29, 0.717) is 5.66 Å². The SMILES string of the molecule is ClP(C1CCCCC1)C1CCC(Cl)(Cl)CC1. The molecule has 1 unspecified atom stereocenters. The van der Waals surface area contributed by atoms with E-state index in [1.54, 1.807) is 0 Å². The zero-order valence-corrected chi connectivity index (χ0v) is 12.8. The summed E-state index contributed by atoms with van der Waals surface area (Å²) < 4.78 is -0.462. The lowest BCUT2D eigenvalue weighted by Crippen LogP contribution is -2.26. The van der Waals surface area contributed by atoms with Crippen LogP contribution in [0.2, 0.25) is 0 Å². The van der Waals surface area contributed by atoms with Crippen LogP contribution in [0.1, 0.15) is 57.8 Å². The van der Waals surface area contributed by atoms with E-state index in [1.165, 1.54) is 32.1 Å². The fourth-order valence-corrected chi connectivity index (χ4v) is 6.71. The topological polar surface area (TPSA) is 0 Å². The van der Waals surface area contributed by atoms with Gasteiger partial charge in [0, 0.05) is 0 Å². The highest BCUT2D eigenvalue weighted by Gasteiger charge is 2.36. The molecular weight excluding hydrogens is 281 g/mol. The quantitative estimate of drug-likeness (QED) is 0.429. The molecular formula is C12H20Cl3P. The third kappa shape index (κ3) is 3.64. The molecule has 2 aliphatic carbocycles. The highest BCUT2D eigenvalue weighted by Crippen LogP contribution is 2.60. The highest BCUT2D eigenvalue weighted by molar-refractivity contribution is 7.85. The summed E-state index contributed by atoms with van der Waals surface area (Å²) in [5.74, 6) is 0. The first-order chi connectivity index (χ1) is 7.58. The van der Waals surface area contributed by atoms with Crippen LogP contribution < -0.4 is 0 Å². The second kappa shape index (κ2) is 5.96. The van der Waals surface area contributed by atoms with Crippen molar-refractivity contribution in [3.63, 3.8) is 0 Å². The van der Waals surface area contributed by atoms with E-state index < -0.39 is 4.33 Å². The van der Waals surface area contributed by atoms with Crippen molar-refractivity contribution in [3.8, 4) is 0 Å². The van der Waals surface area contributed by atoms with Gasteiger partial charge in [0.15, 0.2) is 0 Å². The van der Waals surface area contributed by atoms with Crippen LogP contribution in [0.5, 0.6) is 0 Å². The molecule has 2 rings (SSSR count). The van der Waals surface area contributed by atoms with Gasteiger partial charge in [0.1, 0.15) is 4.33 Å². The van der Waals surface area contributed by atoms with Gasteiger partial charge in [-0.3, -0.25) is 0 Å². The Morgan fingerprint density at radius 2 is 1.31 bits per heavy atom. The Kier molecular flexibility index (Phi) is 5.11. The van der Waals surface area contributed by atoms with Crippen molar-refractivity contribution in [3.05, 3.63) is 0 Å². The summed E-state index contributed by atoms with van der Waals surface area (Å²) in [4.78, 5) is 0. The van der Waals surface area contributed by atoms with Crippen LogP contribution in [0.25, 0.3) is 0 Å². The Hall–Kier alpha value is 1.30. The molecule has 1 atom stereocenters. The van der Waals surface area contributed by atoms with Crippen molar-refractivity contribution >= 4 is 41.7 Å². The van der Waals surface area contributed by atoms with E-state index >= 15 is 0 Å². The molecule has 0 aromatic rings. The molecule has 0 N–H and O–H groups in total. The van der Waals surface area contributed by atoms with E-state index in [2.05, 4.69) is 0 Å². The lowest BCUT2D eigenvalue weighted by atomic mass is 9.99. The van der Waals surface area contributed by atoms with Gasteiger partial charge in [-0.2, -0.15) is 0 Å². The van der Waals surface area contributed by atoms with Gasteiger partial charge < -0.3 is 0 Å². The van der Waals surface area contributed by atoms with Crippen molar-refractivity contribution < 1.29 is 0 Å². The van der Waals surface area contributed by atoms with Crippen LogP contribution in [-0.2, 0) is 0 Å². The molecule has 0 saturated heterocycles. The summed E-state index contributed by atoms with van der Waals surface area (Å²) in [7, 11) is -0.303. The summed E-state index contributed by atoms with van der Waals surface area (Å²) >= 11 is 19.0. The normalized spacial score (nSPS) is 30.2. The Bertz CT molecular complexity index is 216. The Morgan fingerprint density at radius 1 is 0.812 bits per heavy atom. The predicted molar refractivity (Wildman–Crippen MR) is 76.3 cm³/mol. The molecule has 2 fully saturated rings. The van der Waals surface area contributed by atoms with E-state index in [0.717, 1.165) is 31.3 Å². The first kappa shape index (κ1) is 13.7. The van der Waals surface area contributed by atoms with Gasteiger partial charge in [-0.05, 0) is 57.1 Å². The maximum absolute atomic E-state index is 6.71. The Morgan fingerprint density at radius 3 is 1.88 bits per heavy atom. The highest BCUT2D eigenvalue weighted by atomic mass is 35.7. The fourth-order valence-electron chi connectivity index (χ4n) is 2.90. The number of alkyl halides is 2. The molecule has 94 valence electrons. The molecule has 0 aromatic heterocycles. The average Bonchev–Trinajstić information content (AvgIpc) is 2.29. The van der Waals surface area contributed by atoms with Crippen LogP contribution in [0.3, 0.4) is 0 Å². The molecule has 16 heavy (non-hydrogen) atoms. The summed E-state index contributed by atoms with van der Waals surface area (Å²) in [6.07, 6.45) is 11.0. The van der Waals surface area contributed by atoms with Gasteiger partial charge in [-0.15, -0.1) is 23.2 Å². The minimum Gasteiger partial charge on any atom is -0.102 e. The van der Waals surface area contributed by atoms with Gasteiger partial charge in [-0.1, -0.05) is 30.5 Å². The van der Waals surface area contributed by atoms with E-state index in [1.807, 2.05) is 0 Å². The van der Waals surface area contributed by atoms with Crippen molar-refractivity contribution in [2.45, 2.75) is 73.4 Å². The standard InChI is InChI=1S/C12H20Cl3P/c13-12(14)8-6-11(7-9-12)16(15)10-4-2-1-3-5-10/h10-11H,1-9H2. The maximum atomic E-state index is 6.71. The molecule has 0 aromatic carbocycles. The van der Waals surface area contributed by atoms with Crippen LogP contribution in [0.4, 0.5) is 0 Å². The van der Waals surface area contributed by atoms with Gasteiger partial charge in [0.25, 0.3) is 0 Å². The van der Waals surface area contributed by atoms with Gasteiger partial charge in [-0.25, -0.2) is 0 Å². The van der Waals surface area contributed by atoms with E-state index in [9.17, 15) is 0 Å². The van der Waals surface area contributed by atoms with Gasteiger partial charge >= 0.3 is 0 Å². The molecule has 0 aliphatic heterocycles. The molecule has 0 bridgehead atoms. The Labute approximate surface area is 115 Å². The predicted octanol–water partition coefficient (Wildman–Crippen LogP) is 6.07. The molecule has 0 spiro atoms. The third-order valence-corrected chi connectivity index (χ3v) is 8.80. The van der Waals surface area contributed by atoms with Crippen molar-refractivity contribution in [1.82, 2.24) is 0 Å². The van der Waals surface area contributed by atoms with Crippen LogP contribution >= 0.6 is 41.7 Å². The van der Waals surface area contributed by atoms with Crippen LogP contribution in [0, 0.1) is 0 Å². The molecule has 0 heterocycles. The number of hydrogen-bond donors (Lipinski definition) is 0. The fraction of sp³-hybridized carbons (Fsp3) is 1.00. The second-order valence-electron chi connectivity index (χ2n) is 5.22. The summed E-state index contributed by atoms with van der Waals surface area (Å²) in [6, 6.07) is 0. The smallest absolute Gasteiger partial charge is 0.102 e. The van der Waals surface area contributed by atoms with Gasteiger partial charge in [0.2, 0.25) is 0 Å². The zero-order valence-electron chi connectivity index (χ0n) is 9.60. The van der Waals surface area contributed by atoms with Crippen molar-refractivity contribution in [1.29, 1.82) is 0 Å². The van der Waals surface area contributed by atoms with E-state index in [4.69, 9.17) is 34.4 Å². The lowest BCUT2D eigenvalue weighted by molar-refractivity contribution is 0.473. The molecule has 4 heteroatoms. The number of hydrogen-bond acceptors (Lipinski definition) is 0. The minimum atomic E-state index is -0.462. The van der Waals surface area contributed by atoms with Crippen molar-refractivity contribution in [2.24, 2.45) is 0 Å². The average molecular weight is 302 g/mol.